The average molecular weight is 473 g/mol. The molecule has 1 aliphatic heterocycles. The van der Waals surface area contributed by atoms with Gasteiger partial charge in [0.1, 0.15) is 5.56 Å². The lowest BCUT2D eigenvalue weighted by Crippen LogP contribution is -2.72. The number of nitrogens with one attached hydrogen (secondary N) is 1. The molecule has 0 atom stereocenters. The largest absolute Gasteiger partial charge is 0.419 e. The molecule has 1 aromatic heterocycles. The minimum Gasteiger partial charge on any atom is -0.365 e. The van der Waals surface area contributed by atoms with Crippen LogP contribution < -0.4 is 16.8 Å². The standard InChI is InChI=1S/C21H31F3N6O3/c1-2-33-20(21(22,23)24)11-29(12-20)14-5-7-19(10-25,8-6-14)30-9-15(16(26)31)17(28-30)27-18(32)13-3-4-13/h9,13-14H,2-8,10-12,25H2,1H3,(H2,26,31)(H,27,28,32). The zero-order valence-corrected chi connectivity index (χ0v) is 18.7. The Balaban J connectivity index is 1.45. The zero-order chi connectivity index (χ0) is 24.0. The van der Waals surface area contributed by atoms with Gasteiger partial charge < -0.3 is 21.5 Å². The number of alkyl halides is 3. The van der Waals surface area contributed by atoms with Crippen molar-refractivity contribution in [2.75, 3.05) is 31.6 Å². The molecule has 4 rings (SSSR count). The number of nitrogens with two attached hydrogens (primary N) is 2. The molecule has 0 aromatic carbocycles. The number of halogens is 3. The van der Waals surface area contributed by atoms with E-state index in [1.165, 1.54) is 6.20 Å². The van der Waals surface area contributed by atoms with E-state index >= 15 is 0 Å². The summed E-state index contributed by atoms with van der Waals surface area (Å²) in [5.41, 5.74) is 9.05. The molecule has 2 heterocycles. The van der Waals surface area contributed by atoms with Crippen LogP contribution in [-0.2, 0) is 15.1 Å². The number of primary amides is 1. The van der Waals surface area contributed by atoms with Crippen LogP contribution in [0.5, 0.6) is 0 Å². The van der Waals surface area contributed by atoms with Gasteiger partial charge in [-0.1, -0.05) is 0 Å². The van der Waals surface area contributed by atoms with E-state index in [1.54, 1.807) is 11.6 Å². The molecule has 2 aliphatic carbocycles. The van der Waals surface area contributed by atoms with Gasteiger partial charge in [-0.15, -0.1) is 0 Å². The number of carbonyl (C=O) groups is 2. The second-order valence-corrected chi connectivity index (χ2v) is 9.45. The van der Waals surface area contributed by atoms with E-state index in [2.05, 4.69) is 10.4 Å². The summed E-state index contributed by atoms with van der Waals surface area (Å²) in [7, 11) is 0. The summed E-state index contributed by atoms with van der Waals surface area (Å²) >= 11 is 0. The third-order valence-electron chi connectivity index (χ3n) is 7.29. The Bertz CT molecular complexity index is 900. The highest BCUT2D eigenvalue weighted by Gasteiger charge is 2.64. The van der Waals surface area contributed by atoms with E-state index < -0.39 is 23.2 Å². The van der Waals surface area contributed by atoms with Gasteiger partial charge in [0.05, 0.1) is 5.54 Å². The van der Waals surface area contributed by atoms with Crippen LogP contribution in [0.15, 0.2) is 6.20 Å². The van der Waals surface area contributed by atoms with Crippen molar-refractivity contribution in [2.24, 2.45) is 17.4 Å². The van der Waals surface area contributed by atoms with Crippen molar-refractivity contribution in [1.29, 1.82) is 0 Å². The average Bonchev–Trinajstić information content (AvgIpc) is 3.50. The van der Waals surface area contributed by atoms with Crippen molar-refractivity contribution in [3.8, 4) is 0 Å². The molecule has 12 heteroatoms. The highest BCUT2D eigenvalue weighted by Crippen LogP contribution is 2.45. The van der Waals surface area contributed by atoms with Crippen molar-refractivity contribution in [3.63, 3.8) is 0 Å². The number of hydrogen-bond donors (Lipinski definition) is 3. The van der Waals surface area contributed by atoms with E-state index in [-0.39, 0.29) is 55.5 Å². The van der Waals surface area contributed by atoms with Crippen LogP contribution in [0.4, 0.5) is 19.0 Å². The molecule has 2 amide bonds. The molecule has 0 bridgehead atoms. The maximum Gasteiger partial charge on any atom is 0.419 e. The quantitative estimate of drug-likeness (QED) is 0.527. The molecule has 1 saturated heterocycles. The fraction of sp³-hybridized carbons (Fsp3) is 0.762. The van der Waals surface area contributed by atoms with Gasteiger partial charge in [0.2, 0.25) is 5.91 Å². The Morgan fingerprint density at radius 2 is 1.88 bits per heavy atom. The molecule has 1 aromatic rings. The Labute approximate surface area is 190 Å². The van der Waals surface area contributed by atoms with Crippen molar-refractivity contribution >= 4 is 17.6 Å². The lowest BCUT2D eigenvalue weighted by molar-refractivity contribution is -0.322. The lowest BCUT2D eigenvalue weighted by Gasteiger charge is -2.54. The van der Waals surface area contributed by atoms with Gasteiger partial charge >= 0.3 is 6.18 Å². The third-order valence-corrected chi connectivity index (χ3v) is 7.29. The van der Waals surface area contributed by atoms with Crippen LogP contribution >= 0.6 is 0 Å². The van der Waals surface area contributed by atoms with Crippen LogP contribution in [-0.4, -0.2) is 70.6 Å². The predicted molar refractivity (Wildman–Crippen MR) is 113 cm³/mol. The Morgan fingerprint density at radius 3 is 2.36 bits per heavy atom. The lowest BCUT2D eigenvalue weighted by atomic mass is 9.77. The summed E-state index contributed by atoms with van der Waals surface area (Å²) in [6.07, 6.45) is 1.15. The summed E-state index contributed by atoms with van der Waals surface area (Å²) in [5.74, 6) is -0.822. The number of carbonyl (C=O) groups excluding carboxylic acids is 2. The normalized spacial score (nSPS) is 27.7. The number of likely N-dealkylation sites (tertiary alicyclic amines) is 1. The van der Waals surface area contributed by atoms with Gasteiger partial charge in [0.15, 0.2) is 11.4 Å². The smallest absolute Gasteiger partial charge is 0.365 e. The van der Waals surface area contributed by atoms with Crippen LogP contribution in [0.2, 0.25) is 0 Å². The van der Waals surface area contributed by atoms with E-state index in [0.29, 0.717) is 25.7 Å². The van der Waals surface area contributed by atoms with Crippen LogP contribution in [0.1, 0.15) is 55.8 Å². The fourth-order valence-corrected chi connectivity index (χ4v) is 4.98. The van der Waals surface area contributed by atoms with Crippen LogP contribution in [0, 0.1) is 5.92 Å². The number of nitrogens with zero attached hydrogens (tertiary/aromatic N) is 3. The van der Waals surface area contributed by atoms with Gasteiger partial charge in [-0.3, -0.25) is 19.2 Å². The molecule has 0 unspecified atom stereocenters. The molecule has 5 N–H and O–H groups in total. The second kappa shape index (κ2) is 8.55. The summed E-state index contributed by atoms with van der Waals surface area (Å²) in [4.78, 5) is 25.9. The van der Waals surface area contributed by atoms with Gasteiger partial charge in [0, 0.05) is 44.4 Å². The Kier molecular flexibility index (Phi) is 6.21. The molecule has 3 fully saturated rings. The Hall–Kier alpha value is -2.18. The number of amides is 2. The zero-order valence-electron chi connectivity index (χ0n) is 18.7. The second-order valence-electron chi connectivity index (χ2n) is 9.45. The summed E-state index contributed by atoms with van der Waals surface area (Å²) in [6.45, 7) is 1.47. The van der Waals surface area contributed by atoms with Gasteiger partial charge in [-0.05, 0) is 45.4 Å². The minimum absolute atomic E-state index is 0.00934. The summed E-state index contributed by atoms with van der Waals surface area (Å²) < 4.78 is 47.2. The van der Waals surface area contributed by atoms with E-state index in [0.717, 1.165) is 12.8 Å². The first-order valence-corrected chi connectivity index (χ1v) is 11.4. The number of hydrogen-bond acceptors (Lipinski definition) is 6. The topological polar surface area (TPSA) is 128 Å². The number of rotatable bonds is 8. The van der Waals surface area contributed by atoms with E-state index in [4.69, 9.17) is 16.2 Å². The molecular weight excluding hydrogens is 441 g/mol. The molecule has 184 valence electrons. The van der Waals surface area contributed by atoms with Crippen molar-refractivity contribution in [2.45, 2.75) is 68.8 Å². The molecule has 9 nitrogen and oxygen atoms in total. The van der Waals surface area contributed by atoms with Gasteiger partial charge in [-0.2, -0.15) is 18.3 Å². The monoisotopic (exact) mass is 472 g/mol. The predicted octanol–water partition coefficient (Wildman–Crippen LogP) is 1.58. The van der Waals surface area contributed by atoms with Gasteiger partial charge in [-0.25, -0.2) is 0 Å². The summed E-state index contributed by atoms with van der Waals surface area (Å²) in [6, 6.07) is -0.0131. The first-order valence-electron chi connectivity index (χ1n) is 11.4. The molecule has 2 saturated carbocycles. The van der Waals surface area contributed by atoms with Crippen molar-refractivity contribution in [3.05, 3.63) is 11.8 Å². The van der Waals surface area contributed by atoms with E-state index in [9.17, 15) is 22.8 Å². The van der Waals surface area contributed by atoms with Crippen LogP contribution in [0.3, 0.4) is 0 Å². The minimum atomic E-state index is -4.41. The first-order chi connectivity index (χ1) is 15.5. The first kappa shape index (κ1) is 24.0. The van der Waals surface area contributed by atoms with Gasteiger partial charge in [0.25, 0.3) is 5.91 Å². The van der Waals surface area contributed by atoms with Crippen molar-refractivity contribution < 1.29 is 27.5 Å². The SMILES string of the molecule is CCOC1(C(F)(F)F)CN(C2CCC(CN)(n3cc(C(N)=O)c(NC(=O)C4CC4)n3)CC2)C1. The summed E-state index contributed by atoms with van der Waals surface area (Å²) in [5, 5.41) is 7.15. The molecule has 3 aliphatic rings. The fourth-order valence-electron chi connectivity index (χ4n) is 4.98. The maximum absolute atomic E-state index is 13.5. The molecule has 33 heavy (non-hydrogen) atoms. The highest BCUT2D eigenvalue weighted by molar-refractivity contribution is 6.02. The molecular formula is C21H31F3N6O3. The number of ether oxygens (including phenoxy) is 1. The number of anilines is 1. The van der Waals surface area contributed by atoms with Crippen molar-refractivity contribution in [1.82, 2.24) is 14.7 Å². The Morgan fingerprint density at radius 1 is 1.24 bits per heavy atom. The highest BCUT2D eigenvalue weighted by atomic mass is 19.4. The molecule has 0 radical (unpaired) electrons. The van der Waals surface area contributed by atoms with E-state index in [1.807, 2.05) is 4.90 Å². The number of aromatic nitrogens is 2. The third kappa shape index (κ3) is 4.35. The maximum atomic E-state index is 13.5. The van der Waals surface area contributed by atoms with Crippen LogP contribution in [0.25, 0.3) is 0 Å². The molecule has 0 spiro atoms.